The van der Waals surface area contributed by atoms with Crippen LogP contribution in [0.3, 0.4) is 0 Å². The Kier molecular flexibility index (Phi) is 3.86. The summed E-state index contributed by atoms with van der Waals surface area (Å²) in [6, 6.07) is 9.11. The Bertz CT molecular complexity index is 391. The molecule has 17 heavy (non-hydrogen) atoms. The Labute approximate surface area is 98.6 Å². The van der Waals surface area contributed by atoms with Crippen LogP contribution in [-0.2, 0) is 6.42 Å². The van der Waals surface area contributed by atoms with Crippen molar-refractivity contribution >= 4 is 0 Å². The molecule has 0 radical (unpaired) electrons. The van der Waals surface area contributed by atoms with Crippen LogP contribution >= 0.6 is 0 Å². The van der Waals surface area contributed by atoms with Crippen LogP contribution in [0.2, 0.25) is 0 Å². The smallest absolute Gasteiger partial charge is 0.412 e. The molecule has 0 atom stereocenters. The maximum atomic E-state index is 12.1. The molecule has 94 valence electrons. The van der Waals surface area contributed by atoms with Crippen molar-refractivity contribution in [3.05, 3.63) is 47.7 Å². The second-order valence-corrected chi connectivity index (χ2v) is 4.62. The van der Waals surface area contributed by atoms with E-state index >= 15 is 0 Å². The lowest BCUT2D eigenvalue weighted by Gasteiger charge is -2.24. The molecule has 0 amide bonds. The zero-order chi connectivity index (χ0) is 13.1. The van der Waals surface area contributed by atoms with Crippen molar-refractivity contribution < 1.29 is 18.3 Å². The normalized spacial score (nSPS) is 13.8. The first kappa shape index (κ1) is 13.6. The van der Waals surface area contributed by atoms with E-state index in [2.05, 4.69) is 0 Å². The molecule has 1 aromatic rings. The quantitative estimate of drug-likeness (QED) is 0.788. The molecule has 0 spiro atoms. The SMILES string of the molecule is CC(C)(Cc1ccccc1)/C(O)=C\C(F)(F)F. The number of allylic oxidation sites excluding steroid dienone is 2. The predicted octanol–water partition coefficient (Wildman–Crippen LogP) is 4.26. The Balaban J connectivity index is 2.85. The van der Waals surface area contributed by atoms with E-state index in [1.54, 1.807) is 13.8 Å². The molecular formula is C13H15F3O. The Morgan fingerprint density at radius 2 is 1.71 bits per heavy atom. The predicted molar refractivity (Wildman–Crippen MR) is 60.7 cm³/mol. The minimum Gasteiger partial charge on any atom is -0.512 e. The number of aliphatic hydroxyl groups excluding tert-OH is 1. The summed E-state index contributed by atoms with van der Waals surface area (Å²) in [5, 5.41) is 9.52. The van der Waals surface area contributed by atoms with E-state index in [9.17, 15) is 18.3 Å². The van der Waals surface area contributed by atoms with Crippen LogP contribution in [0.5, 0.6) is 0 Å². The summed E-state index contributed by atoms with van der Waals surface area (Å²) in [4.78, 5) is 0. The third-order valence-electron chi connectivity index (χ3n) is 2.48. The molecule has 1 aromatic carbocycles. The molecule has 0 aliphatic carbocycles. The Hall–Kier alpha value is -1.45. The summed E-state index contributed by atoms with van der Waals surface area (Å²) in [7, 11) is 0. The third-order valence-corrected chi connectivity index (χ3v) is 2.48. The Morgan fingerprint density at radius 3 is 2.18 bits per heavy atom. The van der Waals surface area contributed by atoms with Gasteiger partial charge in [0.05, 0.1) is 6.08 Å². The lowest BCUT2D eigenvalue weighted by molar-refractivity contribution is -0.0835. The molecule has 1 N–H and O–H groups in total. The molecule has 0 saturated heterocycles. The fourth-order valence-corrected chi connectivity index (χ4v) is 1.55. The van der Waals surface area contributed by atoms with Crippen molar-refractivity contribution in [2.45, 2.75) is 26.4 Å². The minimum atomic E-state index is -4.49. The van der Waals surface area contributed by atoms with Crippen LogP contribution < -0.4 is 0 Å². The summed E-state index contributed by atoms with van der Waals surface area (Å²) in [6.45, 7) is 3.16. The van der Waals surface area contributed by atoms with Gasteiger partial charge in [0.1, 0.15) is 5.76 Å². The first-order chi connectivity index (χ1) is 7.71. The van der Waals surface area contributed by atoms with E-state index in [4.69, 9.17) is 0 Å². The van der Waals surface area contributed by atoms with Crippen LogP contribution in [0.15, 0.2) is 42.2 Å². The van der Waals surface area contributed by atoms with Gasteiger partial charge >= 0.3 is 6.18 Å². The molecule has 0 bridgehead atoms. The fraction of sp³-hybridized carbons (Fsp3) is 0.385. The van der Waals surface area contributed by atoms with E-state index < -0.39 is 17.4 Å². The van der Waals surface area contributed by atoms with Crippen molar-refractivity contribution in [1.82, 2.24) is 0 Å². The summed E-state index contributed by atoms with van der Waals surface area (Å²) >= 11 is 0. The van der Waals surface area contributed by atoms with Gasteiger partial charge in [-0.15, -0.1) is 0 Å². The monoisotopic (exact) mass is 244 g/mol. The maximum Gasteiger partial charge on any atom is 0.412 e. The van der Waals surface area contributed by atoms with Gasteiger partial charge in [-0.25, -0.2) is 0 Å². The minimum absolute atomic E-state index is 0.0457. The molecule has 0 aliphatic rings. The molecule has 1 nitrogen and oxygen atoms in total. The molecule has 0 unspecified atom stereocenters. The number of rotatable bonds is 3. The van der Waals surface area contributed by atoms with E-state index in [1.165, 1.54) is 0 Å². The van der Waals surface area contributed by atoms with Crippen LogP contribution in [0.25, 0.3) is 0 Å². The van der Waals surface area contributed by atoms with Gasteiger partial charge in [0.15, 0.2) is 0 Å². The second kappa shape index (κ2) is 4.82. The van der Waals surface area contributed by atoms with Crippen molar-refractivity contribution in [2.24, 2.45) is 5.41 Å². The maximum absolute atomic E-state index is 12.1. The van der Waals surface area contributed by atoms with E-state index in [1.807, 2.05) is 30.3 Å². The van der Waals surface area contributed by atoms with E-state index in [-0.39, 0.29) is 6.08 Å². The topological polar surface area (TPSA) is 20.2 Å². The zero-order valence-corrected chi connectivity index (χ0v) is 9.75. The largest absolute Gasteiger partial charge is 0.512 e. The summed E-state index contributed by atoms with van der Waals surface area (Å²) in [5.41, 5.74) is -0.0451. The van der Waals surface area contributed by atoms with Crippen molar-refractivity contribution in [1.29, 1.82) is 0 Å². The van der Waals surface area contributed by atoms with Crippen LogP contribution in [0, 0.1) is 5.41 Å². The average Bonchev–Trinajstić information content (AvgIpc) is 2.15. The van der Waals surface area contributed by atoms with E-state index in [0.29, 0.717) is 6.42 Å². The van der Waals surface area contributed by atoms with Gasteiger partial charge in [-0.1, -0.05) is 44.2 Å². The fourth-order valence-electron chi connectivity index (χ4n) is 1.55. The third kappa shape index (κ3) is 4.51. The highest BCUT2D eigenvalue weighted by Crippen LogP contribution is 2.32. The lowest BCUT2D eigenvalue weighted by Crippen LogP contribution is -2.20. The standard InChI is InChI=1S/C13H15F3O/c1-12(2,11(17)9-13(14,15)16)8-10-6-4-3-5-7-10/h3-7,9,17H,8H2,1-2H3/b11-9+. The highest BCUT2D eigenvalue weighted by atomic mass is 19.4. The molecule has 0 heterocycles. The van der Waals surface area contributed by atoms with Gasteiger partial charge in [-0.05, 0) is 12.0 Å². The first-order valence-corrected chi connectivity index (χ1v) is 5.24. The van der Waals surface area contributed by atoms with Crippen LogP contribution in [0.4, 0.5) is 13.2 Å². The van der Waals surface area contributed by atoms with Gasteiger partial charge in [0.2, 0.25) is 0 Å². The average molecular weight is 244 g/mol. The highest BCUT2D eigenvalue weighted by molar-refractivity contribution is 5.19. The molecule has 1 rings (SSSR count). The number of aliphatic hydroxyl groups is 1. The molecule has 4 heteroatoms. The van der Waals surface area contributed by atoms with Crippen molar-refractivity contribution in [3.63, 3.8) is 0 Å². The second-order valence-electron chi connectivity index (χ2n) is 4.62. The summed E-state index contributed by atoms with van der Waals surface area (Å²) in [5.74, 6) is -0.645. The molecule has 0 saturated carbocycles. The number of benzene rings is 1. The summed E-state index contributed by atoms with van der Waals surface area (Å²) < 4.78 is 36.4. The van der Waals surface area contributed by atoms with Crippen molar-refractivity contribution in [3.8, 4) is 0 Å². The van der Waals surface area contributed by atoms with Crippen LogP contribution in [-0.4, -0.2) is 11.3 Å². The van der Waals surface area contributed by atoms with Crippen molar-refractivity contribution in [2.75, 3.05) is 0 Å². The van der Waals surface area contributed by atoms with Gasteiger partial charge in [0.25, 0.3) is 0 Å². The van der Waals surface area contributed by atoms with Gasteiger partial charge in [-0.3, -0.25) is 0 Å². The first-order valence-electron chi connectivity index (χ1n) is 5.24. The van der Waals surface area contributed by atoms with Crippen LogP contribution in [0.1, 0.15) is 19.4 Å². The lowest BCUT2D eigenvalue weighted by atomic mass is 9.83. The number of hydrogen-bond acceptors (Lipinski definition) is 1. The molecule has 0 aliphatic heterocycles. The zero-order valence-electron chi connectivity index (χ0n) is 9.75. The van der Waals surface area contributed by atoms with Gasteiger partial charge in [0, 0.05) is 5.41 Å². The molecule has 0 fully saturated rings. The van der Waals surface area contributed by atoms with E-state index in [0.717, 1.165) is 5.56 Å². The summed E-state index contributed by atoms with van der Waals surface area (Å²) in [6.07, 6.45) is -4.18. The molecule has 0 aromatic heterocycles. The number of alkyl halides is 3. The Morgan fingerprint density at radius 1 is 1.18 bits per heavy atom. The highest BCUT2D eigenvalue weighted by Gasteiger charge is 2.31. The van der Waals surface area contributed by atoms with Gasteiger partial charge < -0.3 is 5.11 Å². The number of halogens is 3. The number of hydrogen-bond donors (Lipinski definition) is 1. The van der Waals surface area contributed by atoms with Gasteiger partial charge in [-0.2, -0.15) is 13.2 Å². The molecular weight excluding hydrogens is 229 g/mol.